The zero-order valence-corrected chi connectivity index (χ0v) is 12.9. The Morgan fingerprint density at radius 1 is 1.17 bits per heavy atom. The third-order valence-electron chi connectivity index (χ3n) is 3.32. The van der Waals surface area contributed by atoms with Crippen molar-refractivity contribution in [1.82, 2.24) is 34.3 Å². The van der Waals surface area contributed by atoms with Gasteiger partial charge in [0.05, 0.1) is 16.5 Å². The predicted molar refractivity (Wildman–Crippen MR) is 83.5 cm³/mol. The Morgan fingerprint density at radius 3 is 2.78 bits per heavy atom. The van der Waals surface area contributed by atoms with Gasteiger partial charge in [-0.3, -0.25) is 8.78 Å². The fraction of sp³-hybridized carbons (Fsp3) is 0.0714. The van der Waals surface area contributed by atoms with Crippen LogP contribution in [0.4, 0.5) is 0 Å². The first-order valence-corrected chi connectivity index (χ1v) is 8.30. The van der Waals surface area contributed by atoms with E-state index in [1.54, 1.807) is 15.3 Å². The summed E-state index contributed by atoms with van der Waals surface area (Å²) in [5.41, 5.74) is 1.69. The van der Waals surface area contributed by atoms with Crippen LogP contribution < -0.4 is 0 Å². The fourth-order valence-electron chi connectivity index (χ4n) is 2.30. The largest absolute Gasteiger partial charge is 0.258 e. The van der Waals surface area contributed by atoms with Crippen LogP contribution in [0.25, 0.3) is 22.9 Å². The van der Waals surface area contributed by atoms with Crippen molar-refractivity contribution >= 4 is 16.6 Å². The third kappa shape index (κ3) is 2.30. The fourth-order valence-corrected chi connectivity index (χ4v) is 2.88. The van der Waals surface area contributed by atoms with Gasteiger partial charge >= 0.3 is 0 Å². The molecule has 0 aliphatic carbocycles. The summed E-state index contributed by atoms with van der Waals surface area (Å²) in [6, 6.07) is 11.6. The highest BCUT2D eigenvalue weighted by Crippen LogP contribution is 2.21. The molecule has 0 saturated carbocycles. The van der Waals surface area contributed by atoms with E-state index in [0.717, 1.165) is 11.3 Å². The van der Waals surface area contributed by atoms with Gasteiger partial charge in [-0.1, -0.05) is 30.3 Å². The molecule has 3 aromatic heterocycles. The molecule has 0 fully saturated rings. The van der Waals surface area contributed by atoms with Crippen LogP contribution >= 0.6 is 0 Å². The minimum atomic E-state index is -1.28. The van der Waals surface area contributed by atoms with Crippen LogP contribution in [0.2, 0.25) is 0 Å². The van der Waals surface area contributed by atoms with E-state index in [0.29, 0.717) is 16.8 Å². The summed E-state index contributed by atoms with van der Waals surface area (Å²) >= 11 is 0. The standard InChI is InChI=1S/C14H11N7OS/c1-23(22)14-19-16-9-20(14)12-7-11(10-5-3-2-4-6-10)18-13-15-8-17-21(12)13/h2-9H,1H3/t23-/m0/s1. The van der Waals surface area contributed by atoms with E-state index in [1.165, 1.54) is 12.7 Å². The van der Waals surface area contributed by atoms with Crippen molar-refractivity contribution in [2.24, 2.45) is 0 Å². The van der Waals surface area contributed by atoms with Gasteiger partial charge in [-0.2, -0.15) is 14.6 Å². The van der Waals surface area contributed by atoms with Gasteiger partial charge in [0.2, 0.25) is 5.16 Å². The minimum absolute atomic E-state index is 0.340. The van der Waals surface area contributed by atoms with Gasteiger partial charge in [-0.15, -0.1) is 10.2 Å². The molecule has 1 aromatic carbocycles. The number of rotatable bonds is 3. The van der Waals surface area contributed by atoms with E-state index in [9.17, 15) is 4.21 Å². The van der Waals surface area contributed by atoms with Gasteiger partial charge in [0.1, 0.15) is 18.5 Å². The van der Waals surface area contributed by atoms with Crippen molar-refractivity contribution in [2.75, 3.05) is 6.26 Å². The highest BCUT2D eigenvalue weighted by Gasteiger charge is 2.16. The van der Waals surface area contributed by atoms with Gasteiger partial charge in [-0.05, 0) is 0 Å². The van der Waals surface area contributed by atoms with Gasteiger partial charge in [0.25, 0.3) is 5.78 Å². The Morgan fingerprint density at radius 2 is 2.00 bits per heavy atom. The lowest BCUT2D eigenvalue weighted by Gasteiger charge is -2.09. The van der Waals surface area contributed by atoms with E-state index < -0.39 is 10.8 Å². The number of hydrogen-bond donors (Lipinski definition) is 0. The lowest BCUT2D eigenvalue weighted by Crippen LogP contribution is -2.09. The van der Waals surface area contributed by atoms with E-state index >= 15 is 0 Å². The summed E-state index contributed by atoms with van der Waals surface area (Å²) in [5.74, 6) is 1.07. The number of fused-ring (bicyclic) bond motifs is 1. The van der Waals surface area contributed by atoms with E-state index in [-0.39, 0.29) is 0 Å². The zero-order valence-electron chi connectivity index (χ0n) is 12.1. The molecule has 8 nitrogen and oxygen atoms in total. The molecule has 23 heavy (non-hydrogen) atoms. The first-order chi connectivity index (χ1) is 11.2. The molecule has 0 aliphatic rings. The smallest absolute Gasteiger partial charge is 0.254 e. The van der Waals surface area contributed by atoms with Crippen molar-refractivity contribution in [1.29, 1.82) is 0 Å². The minimum Gasteiger partial charge on any atom is -0.258 e. The Hall–Kier alpha value is -2.94. The van der Waals surface area contributed by atoms with Crippen molar-refractivity contribution < 1.29 is 4.21 Å². The lowest BCUT2D eigenvalue weighted by molar-refractivity contribution is 0.673. The normalized spacial score (nSPS) is 12.6. The molecule has 3 heterocycles. The van der Waals surface area contributed by atoms with E-state index in [1.807, 2.05) is 36.4 Å². The first-order valence-electron chi connectivity index (χ1n) is 6.74. The second kappa shape index (κ2) is 5.36. The van der Waals surface area contributed by atoms with Crippen LogP contribution in [0.5, 0.6) is 0 Å². The summed E-state index contributed by atoms with van der Waals surface area (Å²) in [5, 5.41) is 12.3. The second-order valence-electron chi connectivity index (χ2n) is 4.78. The molecule has 0 spiro atoms. The maximum atomic E-state index is 11.9. The van der Waals surface area contributed by atoms with Gasteiger partial charge in [0.15, 0.2) is 0 Å². The molecule has 4 aromatic rings. The molecule has 0 amide bonds. The molecule has 9 heteroatoms. The summed E-state index contributed by atoms with van der Waals surface area (Å²) in [7, 11) is -1.28. The highest BCUT2D eigenvalue weighted by atomic mass is 32.2. The molecule has 0 unspecified atom stereocenters. The third-order valence-corrected chi connectivity index (χ3v) is 4.12. The van der Waals surface area contributed by atoms with Crippen LogP contribution in [-0.2, 0) is 10.8 Å². The average Bonchev–Trinajstić information content (AvgIpc) is 3.23. The second-order valence-corrected chi connectivity index (χ2v) is 6.05. The Kier molecular flexibility index (Phi) is 3.19. The average molecular weight is 325 g/mol. The number of aromatic nitrogens is 7. The molecular formula is C14H11N7OS. The number of nitrogens with zero attached hydrogens (tertiary/aromatic N) is 7. The van der Waals surface area contributed by atoms with Crippen molar-refractivity contribution in [3.8, 4) is 17.1 Å². The van der Waals surface area contributed by atoms with Gasteiger partial charge < -0.3 is 0 Å². The molecular weight excluding hydrogens is 314 g/mol. The summed E-state index contributed by atoms with van der Waals surface area (Å²) in [6.07, 6.45) is 4.48. The summed E-state index contributed by atoms with van der Waals surface area (Å²) in [6.45, 7) is 0. The van der Waals surface area contributed by atoms with Crippen LogP contribution in [0.1, 0.15) is 0 Å². The monoisotopic (exact) mass is 325 g/mol. The summed E-state index contributed by atoms with van der Waals surface area (Å²) in [4.78, 5) is 8.67. The maximum absolute atomic E-state index is 11.9. The van der Waals surface area contributed by atoms with Crippen molar-refractivity contribution in [3.05, 3.63) is 49.1 Å². The quantitative estimate of drug-likeness (QED) is 0.560. The highest BCUT2D eigenvalue weighted by molar-refractivity contribution is 7.84. The van der Waals surface area contributed by atoms with Gasteiger partial charge in [-0.25, -0.2) is 4.98 Å². The lowest BCUT2D eigenvalue weighted by atomic mass is 10.1. The molecule has 0 saturated heterocycles. The SMILES string of the molecule is C[S@](=O)c1nncn1-c1cc(-c2ccccc2)nc2ncnn12. The Labute approximate surface area is 133 Å². The Balaban J connectivity index is 2.00. The molecule has 0 N–H and O–H groups in total. The molecule has 0 radical (unpaired) electrons. The van der Waals surface area contributed by atoms with Crippen molar-refractivity contribution in [3.63, 3.8) is 0 Å². The molecule has 0 bridgehead atoms. The van der Waals surface area contributed by atoms with E-state index in [4.69, 9.17) is 0 Å². The molecule has 1 atom stereocenters. The maximum Gasteiger partial charge on any atom is 0.254 e. The number of hydrogen-bond acceptors (Lipinski definition) is 6. The predicted octanol–water partition coefficient (Wildman–Crippen LogP) is 1.11. The van der Waals surface area contributed by atoms with Crippen LogP contribution in [0.15, 0.2) is 54.2 Å². The summed E-state index contributed by atoms with van der Waals surface area (Å²) < 4.78 is 15.0. The number of benzene rings is 1. The van der Waals surface area contributed by atoms with Crippen LogP contribution in [-0.4, -0.2) is 44.8 Å². The first kappa shape index (κ1) is 13.7. The zero-order chi connectivity index (χ0) is 15.8. The topological polar surface area (TPSA) is 90.9 Å². The van der Waals surface area contributed by atoms with E-state index in [2.05, 4.69) is 25.3 Å². The van der Waals surface area contributed by atoms with Gasteiger partial charge in [0, 0.05) is 17.9 Å². The molecule has 4 rings (SSSR count). The van der Waals surface area contributed by atoms with Crippen molar-refractivity contribution in [2.45, 2.75) is 5.16 Å². The van der Waals surface area contributed by atoms with Crippen LogP contribution in [0, 0.1) is 0 Å². The molecule has 114 valence electrons. The Bertz CT molecular complexity index is 1010. The molecule has 0 aliphatic heterocycles. The van der Waals surface area contributed by atoms with Crippen LogP contribution in [0.3, 0.4) is 0 Å².